The molecule has 0 saturated carbocycles. The molecular formula is C14H18N4O3S. The van der Waals surface area contributed by atoms with Crippen LogP contribution in [-0.2, 0) is 9.47 Å². The fourth-order valence-electron chi connectivity index (χ4n) is 1.71. The van der Waals surface area contributed by atoms with E-state index in [1.165, 1.54) is 11.3 Å². The van der Waals surface area contributed by atoms with E-state index in [4.69, 9.17) is 9.47 Å². The van der Waals surface area contributed by atoms with Gasteiger partial charge < -0.3 is 14.8 Å². The maximum absolute atomic E-state index is 12.1. The van der Waals surface area contributed by atoms with Gasteiger partial charge in [0, 0.05) is 31.0 Å². The van der Waals surface area contributed by atoms with E-state index in [0.717, 1.165) is 0 Å². The van der Waals surface area contributed by atoms with E-state index in [1.54, 1.807) is 24.0 Å². The SMILES string of the molecule is CCOC(CNC(=O)c1csc(-c2cnccn2)n1)OCC. The number of carbonyl (C=O) groups is 1. The molecule has 0 bridgehead atoms. The molecule has 2 heterocycles. The summed E-state index contributed by atoms with van der Waals surface area (Å²) in [5.41, 5.74) is 0.991. The Kier molecular flexibility index (Phi) is 6.38. The maximum atomic E-state index is 12.1. The van der Waals surface area contributed by atoms with Crippen LogP contribution in [0.3, 0.4) is 0 Å². The molecule has 0 radical (unpaired) electrons. The number of nitrogens with one attached hydrogen (secondary N) is 1. The van der Waals surface area contributed by atoms with Gasteiger partial charge in [-0.2, -0.15) is 0 Å². The molecule has 0 atom stereocenters. The molecule has 2 aromatic heterocycles. The van der Waals surface area contributed by atoms with Crippen LogP contribution in [0.4, 0.5) is 0 Å². The Morgan fingerprint density at radius 2 is 2.09 bits per heavy atom. The van der Waals surface area contributed by atoms with Crippen molar-refractivity contribution in [2.45, 2.75) is 20.1 Å². The summed E-state index contributed by atoms with van der Waals surface area (Å²) in [5.74, 6) is -0.268. The highest BCUT2D eigenvalue weighted by molar-refractivity contribution is 7.13. The highest BCUT2D eigenvalue weighted by Gasteiger charge is 2.15. The molecule has 0 aliphatic carbocycles. The number of nitrogens with zero attached hydrogens (tertiary/aromatic N) is 3. The fourth-order valence-corrected chi connectivity index (χ4v) is 2.47. The molecule has 22 heavy (non-hydrogen) atoms. The number of carbonyl (C=O) groups excluding carboxylic acids is 1. The quantitative estimate of drug-likeness (QED) is 0.745. The summed E-state index contributed by atoms with van der Waals surface area (Å²) in [6.45, 7) is 5.07. The number of ether oxygens (including phenoxy) is 2. The van der Waals surface area contributed by atoms with E-state index in [1.807, 2.05) is 13.8 Å². The van der Waals surface area contributed by atoms with E-state index < -0.39 is 6.29 Å². The third-order valence-corrected chi connectivity index (χ3v) is 3.52. The van der Waals surface area contributed by atoms with Crippen LogP contribution >= 0.6 is 11.3 Å². The summed E-state index contributed by atoms with van der Waals surface area (Å²) in [5, 5.41) is 5.10. The molecule has 0 fully saturated rings. The van der Waals surface area contributed by atoms with Crippen LogP contribution in [-0.4, -0.2) is 46.9 Å². The predicted octanol–water partition coefficient (Wildman–Crippen LogP) is 1.73. The molecule has 7 nitrogen and oxygen atoms in total. The summed E-state index contributed by atoms with van der Waals surface area (Å²) < 4.78 is 10.7. The number of amides is 1. The lowest BCUT2D eigenvalue weighted by Crippen LogP contribution is -2.35. The first-order valence-electron chi connectivity index (χ1n) is 6.97. The highest BCUT2D eigenvalue weighted by atomic mass is 32.1. The lowest BCUT2D eigenvalue weighted by molar-refractivity contribution is -0.131. The fraction of sp³-hybridized carbons (Fsp3) is 0.429. The predicted molar refractivity (Wildman–Crippen MR) is 82.5 cm³/mol. The second-order valence-electron chi connectivity index (χ2n) is 4.18. The Bertz CT molecular complexity index is 585. The smallest absolute Gasteiger partial charge is 0.270 e. The molecule has 118 valence electrons. The van der Waals surface area contributed by atoms with E-state index >= 15 is 0 Å². The van der Waals surface area contributed by atoms with Crippen molar-refractivity contribution >= 4 is 17.2 Å². The topological polar surface area (TPSA) is 86.2 Å². The van der Waals surface area contributed by atoms with Crippen LogP contribution in [0.25, 0.3) is 10.7 Å². The van der Waals surface area contributed by atoms with Crippen LogP contribution < -0.4 is 5.32 Å². The number of rotatable bonds is 8. The zero-order chi connectivity index (χ0) is 15.8. The van der Waals surface area contributed by atoms with Gasteiger partial charge in [-0.05, 0) is 13.8 Å². The first-order valence-corrected chi connectivity index (χ1v) is 7.85. The Morgan fingerprint density at radius 3 is 2.73 bits per heavy atom. The van der Waals surface area contributed by atoms with E-state index in [2.05, 4.69) is 20.3 Å². The van der Waals surface area contributed by atoms with Crippen molar-refractivity contribution in [2.24, 2.45) is 0 Å². The van der Waals surface area contributed by atoms with Gasteiger partial charge in [0.25, 0.3) is 5.91 Å². The van der Waals surface area contributed by atoms with E-state index in [0.29, 0.717) is 29.6 Å². The maximum Gasteiger partial charge on any atom is 0.270 e. The van der Waals surface area contributed by atoms with Gasteiger partial charge in [0.1, 0.15) is 16.4 Å². The van der Waals surface area contributed by atoms with Crippen LogP contribution in [0.15, 0.2) is 24.0 Å². The van der Waals surface area contributed by atoms with Crippen molar-refractivity contribution in [1.29, 1.82) is 0 Å². The zero-order valence-electron chi connectivity index (χ0n) is 12.5. The van der Waals surface area contributed by atoms with Crippen molar-refractivity contribution in [3.05, 3.63) is 29.7 Å². The van der Waals surface area contributed by atoms with Crippen molar-refractivity contribution in [3.63, 3.8) is 0 Å². The average Bonchev–Trinajstić information content (AvgIpc) is 3.04. The molecule has 2 rings (SSSR count). The third-order valence-electron chi connectivity index (χ3n) is 2.65. The Hall–Kier alpha value is -1.90. The minimum absolute atomic E-state index is 0.268. The molecular weight excluding hydrogens is 304 g/mol. The van der Waals surface area contributed by atoms with Crippen molar-refractivity contribution < 1.29 is 14.3 Å². The molecule has 1 N–H and O–H groups in total. The summed E-state index contributed by atoms with van der Waals surface area (Å²) in [4.78, 5) is 24.5. The number of thiazole rings is 1. The van der Waals surface area contributed by atoms with Crippen LogP contribution in [0.1, 0.15) is 24.3 Å². The first kappa shape index (κ1) is 16.5. The standard InChI is InChI=1S/C14H18N4O3S/c1-3-20-12(21-4-2)8-17-13(19)11-9-22-14(18-11)10-7-15-5-6-16-10/h5-7,9,12H,3-4,8H2,1-2H3,(H,17,19). The largest absolute Gasteiger partial charge is 0.351 e. The molecule has 1 amide bonds. The summed E-state index contributed by atoms with van der Waals surface area (Å²) >= 11 is 1.35. The molecule has 0 aromatic carbocycles. The van der Waals surface area contributed by atoms with Crippen LogP contribution in [0.2, 0.25) is 0 Å². The van der Waals surface area contributed by atoms with Gasteiger partial charge in [-0.1, -0.05) is 0 Å². The van der Waals surface area contributed by atoms with E-state index in [9.17, 15) is 4.79 Å². The molecule has 2 aromatic rings. The van der Waals surface area contributed by atoms with E-state index in [-0.39, 0.29) is 12.5 Å². The average molecular weight is 322 g/mol. The minimum Gasteiger partial charge on any atom is -0.351 e. The lowest BCUT2D eigenvalue weighted by atomic mass is 10.4. The monoisotopic (exact) mass is 322 g/mol. The summed E-state index contributed by atoms with van der Waals surface area (Å²) in [6.07, 6.45) is 4.34. The summed E-state index contributed by atoms with van der Waals surface area (Å²) in [6, 6.07) is 0. The first-order chi connectivity index (χ1) is 10.7. The number of aromatic nitrogens is 3. The molecule has 0 spiro atoms. The lowest BCUT2D eigenvalue weighted by Gasteiger charge is -2.16. The van der Waals surface area contributed by atoms with Gasteiger partial charge in [0.15, 0.2) is 6.29 Å². The molecule has 0 unspecified atom stereocenters. The zero-order valence-corrected chi connectivity index (χ0v) is 13.3. The van der Waals surface area contributed by atoms with Gasteiger partial charge in [0.2, 0.25) is 0 Å². The van der Waals surface area contributed by atoms with Crippen LogP contribution in [0.5, 0.6) is 0 Å². The molecule has 0 saturated heterocycles. The third kappa shape index (κ3) is 4.55. The normalized spacial score (nSPS) is 10.9. The van der Waals surface area contributed by atoms with Crippen LogP contribution in [0, 0.1) is 0 Å². The molecule has 0 aliphatic heterocycles. The minimum atomic E-state index is -0.447. The molecule has 0 aliphatic rings. The second-order valence-corrected chi connectivity index (χ2v) is 5.04. The Morgan fingerprint density at radius 1 is 1.32 bits per heavy atom. The highest BCUT2D eigenvalue weighted by Crippen LogP contribution is 2.20. The number of hydrogen-bond acceptors (Lipinski definition) is 7. The molecule has 8 heteroatoms. The van der Waals surface area contributed by atoms with Crippen molar-refractivity contribution in [3.8, 4) is 10.7 Å². The van der Waals surface area contributed by atoms with Crippen molar-refractivity contribution in [1.82, 2.24) is 20.3 Å². The van der Waals surface area contributed by atoms with Gasteiger partial charge in [-0.3, -0.25) is 14.8 Å². The Labute approximate surface area is 132 Å². The van der Waals surface area contributed by atoms with Gasteiger partial charge >= 0.3 is 0 Å². The van der Waals surface area contributed by atoms with Gasteiger partial charge in [-0.15, -0.1) is 11.3 Å². The Balaban J connectivity index is 1.94. The second kappa shape index (κ2) is 8.52. The van der Waals surface area contributed by atoms with Crippen molar-refractivity contribution in [2.75, 3.05) is 19.8 Å². The summed E-state index contributed by atoms with van der Waals surface area (Å²) in [7, 11) is 0. The number of hydrogen-bond donors (Lipinski definition) is 1. The van der Waals surface area contributed by atoms with Gasteiger partial charge in [-0.25, -0.2) is 4.98 Å². The van der Waals surface area contributed by atoms with Gasteiger partial charge in [0.05, 0.1) is 12.7 Å².